The molecular weight excluding hydrogens is 241 g/mol. The number of benzene rings is 2. The molecule has 0 aliphatic carbocycles. The van der Waals surface area contributed by atoms with Gasteiger partial charge in [0, 0.05) is 5.69 Å². The van der Waals surface area contributed by atoms with Crippen molar-refractivity contribution in [2.75, 3.05) is 11.9 Å². The highest BCUT2D eigenvalue weighted by atomic mass is 19.1. The molecule has 0 amide bonds. The lowest BCUT2D eigenvalue weighted by molar-refractivity contribution is 0.629. The van der Waals surface area contributed by atoms with Crippen LogP contribution in [0.4, 0.5) is 15.8 Å². The fourth-order valence-electron chi connectivity index (χ4n) is 1.77. The Morgan fingerprint density at radius 2 is 1.89 bits per heavy atom. The molecule has 0 radical (unpaired) electrons. The molecular formula is C15H14FN3. The maximum absolute atomic E-state index is 13.8. The molecule has 0 aliphatic heterocycles. The predicted molar refractivity (Wildman–Crippen MR) is 73.6 cm³/mol. The Kier molecular flexibility index (Phi) is 4.11. The van der Waals surface area contributed by atoms with Gasteiger partial charge in [-0.1, -0.05) is 6.07 Å². The third-order valence-corrected chi connectivity index (χ3v) is 2.76. The monoisotopic (exact) mass is 255 g/mol. The molecule has 3 nitrogen and oxygen atoms in total. The van der Waals surface area contributed by atoms with E-state index in [0.29, 0.717) is 24.2 Å². The number of nitrogens with zero attached hydrogens (tertiary/aromatic N) is 1. The zero-order valence-corrected chi connectivity index (χ0v) is 10.4. The highest BCUT2D eigenvalue weighted by Gasteiger charge is 2.04. The number of hydrogen-bond acceptors (Lipinski definition) is 3. The van der Waals surface area contributed by atoms with Gasteiger partial charge in [-0.3, -0.25) is 0 Å². The molecule has 0 fully saturated rings. The third-order valence-electron chi connectivity index (χ3n) is 2.76. The molecule has 0 unspecified atom stereocenters. The Bertz CT molecular complexity index is 600. The van der Waals surface area contributed by atoms with E-state index in [2.05, 4.69) is 5.32 Å². The Morgan fingerprint density at radius 3 is 2.47 bits per heavy atom. The number of rotatable bonds is 4. The number of hydrogen-bond donors (Lipinski definition) is 2. The van der Waals surface area contributed by atoms with E-state index in [-0.39, 0.29) is 5.82 Å². The zero-order valence-electron chi connectivity index (χ0n) is 10.4. The summed E-state index contributed by atoms with van der Waals surface area (Å²) in [4.78, 5) is 0. The van der Waals surface area contributed by atoms with Crippen molar-refractivity contribution < 1.29 is 4.39 Å². The van der Waals surface area contributed by atoms with Crippen LogP contribution in [-0.4, -0.2) is 6.54 Å². The lowest BCUT2D eigenvalue weighted by Gasteiger charge is -2.09. The summed E-state index contributed by atoms with van der Waals surface area (Å²) in [6.45, 7) is 0.502. The molecule has 0 aromatic heterocycles. The molecule has 96 valence electrons. The van der Waals surface area contributed by atoms with Crippen LogP contribution < -0.4 is 11.1 Å². The Hall–Kier alpha value is -2.38. The molecule has 0 saturated heterocycles. The topological polar surface area (TPSA) is 61.8 Å². The maximum Gasteiger partial charge on any atom is 0.146 e. The van der Waals surface area contributed by atoms with Gasteiger partial charge in [0.1, 0.15) is 5.82 Å². The molecule has 0 aliphatic rings. The minimum Gasteiger partial charge on any atom is -0.353 e. The van der Waals surface area contributed by atoms with Gasteiger partial charge in [0.15, 0.2) is 0 Å². The fourth-order valence-corrected chi connectivity index (χ4v) is 1.77. The largest absolute Gasteiger partial charge is 0.353 e. The third kappa shape index (κ3) is 3.30. The van der Waals surface area contributed by atoms with Gasteiger partial charge in [0.25, 0.3) is 0 Å². The zero-order chi connectivity index (χ0) is 13.7. The van der Waals surface area contributed by atoms with Gasteiger partial charge in [0.2, 0.25) is 0 Å². The second kappa shape index (κ2) is 5.98. The van der Waals surface area contributed by atoms with Crippen LogP contribution >= 0.6 is 0 Å². The first kappa shape index (κ1) is 13.1. The van der Waals surface area contributed by atoms with Crippen LogP contribution in [-0.2, 0) is 6.42 Å². The van der Waals surface area contributed by atoms with Crippen molar-refractivity contribution in [3.05, 3.63) is 59.4 Å². The van der Waals surface area contributed by atoms with Crippen LogP contribution in [0.25, 0.3) is 0 Å². The molecule has 0 bridgehead atoms. The second-order valence-corrected chi connectivity index (χ2v) is 4.17. The first-order chi connectivity index (χ1) is 9.22. The number of nitrogens with one attached hydrogen (secondary N) is 1. The molecule has 4 heteroatoms. The van der Waals surface area contributed by atoms with Crippen molar-refractivity contribution in [3.63, 3.8) is 0 Å². The van der Waals surface area contributed by atoms with E-state index in [9.17, 15) is 4.39 Å². The van der Waals surface area contributed by atoms with E-state index in [4.69, 9.17) is 11.0 Å². The summed E-state index contributed by atoms with van der Waals surface area (Å²) >= 11 is 0. The molecule has 0 saturated carbocycles. The summed E-state index contributed by atoms with van der Waals surface area (Å²) in [5, 5.41) is 11.7. The molecule has 2 aromatic carbocycles. The summed E-state index contributed by atoms with van der Waals surface area (Å²) in [5.74, 6) is -0.310. The summed E-state index contributed by atoms with van der Waals surface area (Å²) < 4.78 is 13.8. The normalized spacial score (nSPS) is 9.95. The van der Waals surface area contributed by atoms with E-state index in [0.717, 1.165) is 11.3 Å². The standard InChI is InChI=1S/C15H14FN3/c16-14-9-11(7-8-17)3-6-15(14)19-13-4-1-12(10-18)2-5-13/h1-6,9,19H,7-8,17H2. The fraction of sp³-hybridized carbons (Fsp3) is 0.133. The van der Waals surface area contributed by atoms with Crippen LogP contribution in [0.2, 0.25) is 0 Å². The Balaban J connectivity index is 2.16. The lowest BCUT2D eigenvalue weighted by Crippen LogP contribution is -2.03. The van der Waals surface area contributed by atoms with Gasteiger partial charge in [-0.2, -0.15) is 5.26 Å². The number of nitriles is 1. The average molecular weight is 255 g/mol. The van der Waals surface area contributed by atoms with E-state index in [1.807, 2.05) is 12.1 Å². The number of halogens is 1. The summed E-state index contributed by atoms with van der Waals surface area (Å²) in [6, 6.07) is 13.9. The van der Waals surface area contributed by atoms with E-state index >= 15 is 0 Å². The highest BCUT2D eigenvalue weighted by Crippen LogP contribution is 2.21. The van der Waals surface area contributed by atoms with E-state index in [1.54, 1.807) is 30.3 Å². The molecule has 2 aromatic rings. The Morgan fingerprint density at radius 1 is 1.16 bits per heavy atom. The first-order valence-electron chi connectivity index (χ1n) is 5.98. The average Bonchev–Trinajstić information content (AvgIpc) is 2.43. The highest BCUT2D eigenvalue weighted by molar-refractivity contribution is 5.61. The maximum atomic E-state index is 13.8. The molecule has 3 N–H and O–H groups in total. The van der Waals surface area contributed by atoms with Crippen molar-refractivity contribution in [1.29, 1.82) is 5.26 Å². The van der Waals surface area contributed by atoms with Gasteiger partial charge in [0.05, 0.1) is 17.3 Å². The van der Waals surface area contributed by atoms with Crippen molar-refractivity contribution >= 4 is 11.4 Å². The lowest BCUT2D eigenvalue weighted by atomic mass is 10.1. The van der Waals surface area contributed by atoms with E-state index < -0.39 is 0 Å². The molecule has 0 spiro atoms. The molecule has 2 rings (SSSR count). The van der Waals surface area contributed by atoms with Crippen LogP contribution in [0.5, 0.6) is 0 Å². The van der Waals surface area contributed by atoms with Gasteiger partial charge >= 0.3 is 0 Å². The quantitative estimate of drug-likeness (QED) is 0.883. The molecule has 0 atom stereocenters. The summed E-state index contributed by atoms with van der Waals surface area (Å²) in [5.41, 5.74) is 8.04. The van der Waals surface area contributed by atoms with Gasteiger partial charge in [-0.15, -0.1) is 0 Å². The van der Waals surface area contributed by atoms with Gasteiger partial charge < -0.3 is 11.1 Å². The molecule has 0 heterocycles. The number of anilines is 2. The minimum absolute atomic E-state index is 0.310. The Labute approximate surface area is 111 Å². The van der Waals surface area contributed by atoms with Crippen molar-refractivity contribution in [3.8, 4) is 6.07 Å². The van der Waals surface area contributed by atoms with Crippen LogP contribution in [0.15, 0.2) is 42.5 Å². The van der Waals surface area contributed by atoms with Crippen LogP contribution in [0.3, 0.4) is 0 Å². The van der Waals surface area contributed by atoms with Crippen LogP contribution in [0.1, 0.15) is 11.1 Å². The van der Waals surface area contributed by atoms with Crippen molar-refractivity contribution in [2.45, 2.75) is 6.42 Å². The minimum atomic E-state index is -0.310. The van der Waals surface area contributed by atoms with Crippen molar-refractivity contribution in [1.82, 2.24) is 0 Å². The summed E-state index contributed by atoms with van der Waals surface area (Å²) in [6.07, 6.45) is 0.661. The van der Waals surface area contributed by atoms with Gasteiger partial charge in [-0.05, 0) is 54.9 Å². The van der Waals surface area contributed by atoms with Crippen molar-refractivity contribution in [2.24, 2.45) is 5.73 Å². The predicted octanol–water partition coefficient (Wildman–Crippen LogP) is 2.94. The van der Waals surface area contributed by atoms with Gasteiger partial charge in [-0.25, -0.2) is 4.39 Å². The van der Waals surface area contributed by atoms with E-state index in [1.165, 1.54) is 6.07 Å². The summed E-state index contributed by atoms with van der Waals surface area (Å²) in [7, 11) is 0. The van der Waals surface area contributed by atoms with Crippen LogP contribution in [0, 0.1) is 17.1 Å². The number of nitrogens with two attached hydrogens (primary N) is 1. The smallest absolute Gasteiger partial charge is 0.146 e. The SMILES string of the molecule is N#Cc1ccc(Nc2ccc(CCN)cc2F)cc1. The first-order valence-corrected chi connectivity index (χ1v) is 5.98. The molecule has 19 heavy (non-hydrogen) atoms. The second-order valence-electron chi connectivity index (χ2n) is 4.17.